The summed E-state index contributed by atoms with van der Waals surface area (Å²) in [5.74, 6) is -0.471. The Morgan fingerprint density at radius 2 is 1.38 bits per heavy atom. The minimum atomic E-state index is -4.94. The molecule has 0 saturated heterocycles. The third-order valence-corrected chi connectivity index (χ3v) is 5.23. The summed E-state index contributed by atoms with van der Waals surface area (Å²) in [6, 6.07) is 8.44. The number of benzene rings is 2. The monoisotopic (exact) mass is 463 g/mol. The molecule has 0 heterocycles. The first-order valence-corrected chi connectivity index (χ1v) is 11.0. The Hall–Kier alpha value is -2.06. The highest BCUT2D eigenvalue weighted by molar-refractivity contribution is 7.81. The predicted octanol–water partition coefficient (Wildman–Crippen LogP) is 2.43. The van der Waals surface area contributed by atoms with Gasteiger partial charge in [0.2, 0.25) is 5.91 Å². The van der Waals surface area contributed by atoms with Crippen molar-refractivity contribution in [2.24, 2.45) is 0 Å². The highest BCUT2D eigenvalue weighted by Crippen LogP contribution is 2.47. The molecule has 1 amide bonds. The fourth-order valence-corrected chi connectivity index (χ4v) is 4.24. The lowest BCUT2D eigenvalue weighted by molar-refractivity contribution is -0.114. The summed E-state index contributed by atoms with van der Waals surface area (Å²) in [6.45, 7) is 1.22. The number of amides is 1. The SMILES string of the molecule is CC(=O)Nc1cc2c(cc1Cl)C(OS(=O)(=O)O)c1ccccc1C2OS(=O)(=O)O. The molecule has 13 heteroatoms. The normalized spacial score (nSPS) is 18.6. The third kappa shape index (κ3) is 4.93. The van der Waals surface area contributed by atoms with E-state index in [0.29, 0.717) is 0 Å². The van der Waals surface area contributed by atoms with Crippen LogP contribution in [0.5, 0.6) is 0 Å². The number of anilines is 1. The molecule has 1 aliphatic carbocycles. The van der Waals surface area contributed by atoms with Gasteiger partial charge in [-0.15, -0.1) is 0 Å². The van der Waals surface area contributed by atoms with Crippen molar-refractivity contribution in [2.45, 2.75) is 19.1 Å². The maximum absolute atomic E-state index is 11.4. The largest absolute Gasteiger partial charge is 0.398 e. The van der Waals surface area contributed by atoms with Crippen LogP contribution in [0.25, 0.3) is 0 Å². The fraction of sp³-hybridized carbons (Fsp3) is 0.188. The van der Waals surface area contributed by atoms with Gasteiger partial charge in [-0.3, -0.25) is 13.9 Å². The fourth-order valence-electron chi connectivity index (χ4n) is 3.12. The van der Waals surface area contributed by atoms with E-state index in [4.69, 9.17) is 20.0 Å². The van der Waals surface area contributed by atoms with Crippen LogP contribution in [0.2, 0.25) is 5.02 Å². The number of carbonyl (C=O) groups excluding carboxylic acids is 1. The highest BCUT2D eigenvalue weighted by atomic mass is 35.5. The molecule has 3 N–H and O–H groups in total. The molecule has 3 rings (SSSR count). The molecule has 2 atom stereocenters. The molecule has 29 heavy (non-hydrogen) atoms. The van der Waals surface area contributed by atoms with Gasteiger partial charge in [-0.25, -0.2) is 8.37 Å². The summed E-state index contributed by atoms with van der Waals surface area (Å²) in [6.07, 6.45) is -2.79. The van der Waals surface area contributed by atoms with Gasteiger partial charge in [-0.2, -0.15) is 16.8 Å². The molecular weight excluding hydrogens is 450 g/mol. The Kier molecular flexibility index (Phi) is 5.71. The van der Waals surface area contributed by atoms with E-state index in [0.717, 1.165) is 0 Å². The Morgan fingerprint density at radius 3 is 1.79 bits per heavy atom. The maximum Gasteiger partial charge on any atom is 0.398 e. The first kappa shape index (κ1) is 21.6. The lowest BCUT2D eigenvalue weighted by atomic mass is 9.82. The summed E-state index contributed by atoms with van der Waals surface area (Å²) < 4.78 is 73.7. The van der Waals surface area contributed by atoms with Crippen molar-refractivity contribution in [3.8, 4) is 0 Å². The minimum absolute atomic E-state index is 0.00660. The molecule has 0 bridgehead atoms. The number of fused-ring (bicyclic) bond motifs is 2. The van der Waals surface area contributed by atoms with Crippen molar-refractivity contribution in [1.29, 1.82) is 0 Å². The van der Waals surface area contributed by atoms with Gasteiger partial charge in [0.1, 0.15) is 12.2 Å². The molecular formula is C16H14ClNO9S2. The zero-order valence-corrected chi connectivity index (χ0v) is 17.0. The van der Waals surface area contributed by atoms with Crippen molar-refractivity contribution >= 4 is 44.0 Å². The van der Waals surface area contributed by atoms with E-state index in [9.17, 15) is 30.7 Å². The molecule has 10 nitrogen and oxygen atoms in total. The summed E-state index contributed by atoms with van der Waals surface area (Å²) in [5.41, 5.74) is 0.501. The summed E-state index contributed by atoms with van der Waals surface area (Å²) >= 11 is 6.16. The molecule has 0 saturated carbocycles. The molecule has 2 aromatic carbocycles. The topological polar surface area (TPSA) is 156 Å². The lowest BCUT2D eigenvalue weighted by Crippen LogP contribution is -2.25. The minimum Gasteiger partial charge on any atom is -0.325 e. The van der Waals surface area contributed by atoms with E-state index in [1.807, 2.05) is 0 Å². The van der Waals surface area contributed by atoms with Gasteiger partial charge < -0.3 is 5.32 Å². The average molecular weight is 464 g/mol. The summed E-state index contributed by atoms with van der Waals surface area (Å²) in [7, 11) is -9.86. The van der Waals surface area contributed by atoms with Gasteiger partial charge in [-0.05, 0) is 34.4 Å². The Morgan fingerprint density at radius 1 is 0.931 bits per heavy atom. The predicted molar refractivity (Wildman–Crippen MR) is 101 cm³/mol. The number of carbonyl (C=O) groups is 1. The maximum atomic E-state index is 11.4. The molecule has 0 aromatic heterocycles. The first-order chi connectivity index (χ1) is 13.4. The molecule has 156 valence electrons. The van der Waals surface area contributed by atoms with Crippen LogP contribution in [0.15, 0.2) is 36.4 Å². The van der Waals surface area contributed by atoms with Gasteiger partial charge in [0, 0.05) is 6.92 Å². The number of hydrogen-bond donors (Lipinski definition) is 3. The van der Waals surface area contributed by atoms with E-state index in [-0.39, 0.29) is 33.0 Å². The lowest BCUT2D eigenvalue weighted by Gasteiger charge is -2.32. The van der Waals surface area contributed by atoms with E-state index in [1.165, 1.54) is 43.3 Å². The van der Waals surface area contributed by atoms with E-state index >= 15 is 0 Å². The van der Waals surface area contributed by atoms with Crippen molar-refractivity contribution in [3.63, 3.8) is 0 Å². The molecule has 0 aliphatic heterocycles. The second-order valence-electron chi connectivity index (χ2n) is 6.08. The van der Waals surface area contributed by atoms with Crippen LogP contribution in [0.4, 0.5) is 5.69 Å². The van der Waals surface area contributed by atoms with Crippen LogP contribution < -0.4 is 5.32 Å². The number of nitrogens with one attached hydrogen (secondary N) is 1. The second kappa shape index (κ2) is 7.65. The molecule has 0 radical (unpaired) electrons. The second-order valence-corrected chi connectivity index (χ2v) is 8.58. The number of rotatable bonds is 5. The van der Waals surface area contributed by atoms with Crippen molar-refractivity contribution < 1.29 is 39.1 Å². The van der Waals surface area contributed by atoms with E-state index in [1.54, 1.807) is 0 Å². The van der Waals surface area contributed by atoms with Crippen LogP contribution in [0.3, 0.4) is 0 Å². The van der Waals surface area contributed by atoms with Crippen LogP contribution in [-0.4, -0.2) is 31.8 Å². The zero-order chi connectivity index (χ0) is 21.6. The van der Waals surface area contributed by atoms with Crippen LogP contribution in [0, 0.1) is 0 Å². The van der Waals surface area contributed by atoms with Gasteiger partial charge >= 0.3 is 20.8 Å². The zero-order valence-electron chi connectivity index (χ0n) is 14.6. The highest BCUT2D eigenvalue weighted by Gasteiger charge is 2.38. The average Bonchev–Trinajstić information content (AvgIpc) is 2.57. The quantitative estimate of drug-likeness (QED) is 0.566. The number of hydrogen-bond acceptors (Lipinski definition) is 7. The van der Waals surface area contributed by atoms with Crippen LogP contribution in [-0.2, 0) is 34.0 Å². The van der Waals surface area contributed by atoms with Crippen LogP contribution in [0.1, 0.15) is 41.4 Å². The molecule has 2 aromatic rings. The van der Waals surface area contributed by atoms with Gasteiger partial charge in [0.25, 0.3) is 0 Å². The Labute approximate surface area is 171 Å². The van der Waals surface area contributed by atoms with Crippen LogP contribution >= 0.6 is 11.6 Å². The van der Waals surface area contributed by atoms with E-state index in [2.05, 4.69) is 5.32 Å². The number of halogens is 1. The van der Waals surface area contributed by atoms with Crippen molar-refractivity contribution in [2.75, 3.05) is 5.32 Å². The summed E-state index contributed by atoms with van der Waals surface area (Å²) in [5, 5.41) is 2.44. The molecule has 2 unspecified atom stereocenters. The summed E-state index contributed by atoms with van der Waals surface area (Å²) in [4.78, 5) is 11.4. The smallest absolute Gasteiger partial charge is 0.325 e. The van der Waals surface area contributed by atoms with Crippen molar-refractivity contribution in [1.82, 2.24) is 0 Å². The molecule has 0 spiro atoms. The van der Waals surface area contributed by atoms with Gasteiger partial charge in [-0.1, -0.05) is 35.9 Å². The van der Waals surface area contributed by atoms with Gasteiger partial charge in [0.15, 0.2) is 0 Å². The Balaban J connectivity index is 2.30. The molecule has 0 fully saturated rings. The first-order valence-electron chi connectivity index (χ1n) is 7.87. The van der Waals surface area contributed by atoms with Gasteiger partial charge in [0.05, 0.1) is 10.7 Å². The van der Waals surface area contributed by atoms with E-state index < -0.39 is 38.9 Å². The Bertz CT molecular complexity index is 1190. The van der Waals surface area contributed by atoms with Crippen molar-refractivity contribution in [3.05, 3.63) is 63.7 Å². The standard InChI is InChI=1S/C16H14ClNO9S2/c1-8(19)18-14-7-12-11(6-13(14)17)15(26-28(20,21)22)9-4-2-3-5-10(9)16(12)27-29(23,24)25/h2-7,15-16H,1H3,(H,18,19)(H,20,21,22)(H,23,24,25). The molecule has 1 aliphatic rings. The third-order valence-electron chi connectivity index (χ3n) is 4.04.